The van der Waals surface area contributed by atoms with Crippen molar-refractivity contribution >= 4 is 33.9 Å². The van der Waals surface area contributed by atoms with Gasteiger partial charge in [-0.1, -0.05) is 41.9 Å². The van der Waals surface area contributed by atoms with E-state index >= 15 is 0 Å². The van der Waals surface area contributed by atoms with Crippen LogP contribution in [0.4, 0.5) is 0 Å². The first kappa shape index (κ1) is 17.4. The molecule has 1 aromatic rings. The van der Waals surface area contributed by atoms with Gasteiger partial charge in [0.15, 0.2) is 6.61 Å². The van der Waals surface area contributed by atoms with Gasteiger partial charge in [0.1, 0.15) is 0 Å². The van der Waals surface area contributed by atoms with E-state index in [9.17, 15) is 9.59 Å². The summed E-state index contributed by atoms with van der Waals surface area (Å²) in [5.74, 6) is -0.799. The van der Waals surface area contributed by atoms with Gasteiger partial charge in [0.05, 0.1) is 0 Å². The quantitative estimate of drug-likeness (QED) is 0.604. The van der Waals surface area contributed by atoms with E-state index in [4.69, 9.17) is 4.74 Å². The minimum absolute atomic E-state index is 0.134. The number of halogens is 1. The van der Waals surface area contributed by atoms with Gasteiger partial charge in [-0.15, -0.1) is 0 Å². The van der Waals surface area contributed by atoms with Crippen LogP contribution in [0.1, 0.15) is 32.3 Å². The van der Waals surface area contributed by atoms with Crippen LogP contribution in [0.2, 0.25) is 0 Å². The van der Waals surface area contributed by atoms with E-state index in [2.05, 4.69) is 21.2 Å². The first-order valence-corrected chi connectivity index (χ1v) is 7.74. The van der Waals surface area contributed by atoms with Gasteiger partial charge in [-0.05, 0) is 36.6 Å². The minimum Gasteiger partial charge on any atom is -0.452 e. The van der Waals surface area contributed by atoms with Crippen molar-refractivity contribution in [3.8, 4) is 0 Å². The van der Waals surface area contributed by atoms with Gasteiger partial charge in [0, 0.05) is 16.6 Å². The average Bonchev–Trinajstić information content (AvgIpc) is 2.50. The summed E-state index contributed by atoms with van der Waals surface area (Å²) >= 11 is 3.34. The summed E-state index contributed by atoms with van der Waals surface area (Å²) < 4.78 is 5.86. The topological polar surface area (TPSA) is 55.4 Å². The molecule has 0 unspecified atom stereocenters. The predicted octanol–water partition coefficient (Wildman–Crippen LogP) is 3.31. The molecule has 0 fully saturated rings. The van der Waals surface area contributed by atoms with Gasteiger partial charge < -0.3 is 10.1 Å². The normalized spacial score (nSPS) is 10.9. The molecule has 1 amide bonds. The second-order valence-electron chi connectivity index (χ2n) is 4.57. The maximum Gasteiger partial charge on any atom is 0.331 e. The number of carbonyl (C=O) groups excluding carboxylic acids is 2. The number of rotatable bonds is 7. The van der Waals surface area contributed by atoms with Crippen LogP contribution < -0.4 is 5.32 Å². The predicted molar refractivity (Wildman–Crippen MR) is 86.6 cm³/mol. The second-order valence-corrected chi connectivity index (χ2v) is 5.49. The smallest absolute Gasteiger partial charge is 0.331 e. The van der Waals surface area contributed by atoms with Crippen molar-refractivity contribution in [2.45, 2.75) is 32.7 Å². The van der Waals surface area contributed by atoms with E-state index in [-0.39, 0.29) is 18.6 Å². The molecule has 4 nitrogen and oxygen atoms in total. The molecule has 0 aromatic heterocycles. The van der Waals surface area contributed by atoms with Crippen LogP contribution in [0, 0.1) is 0 Å². The lowest BCUT2D eigenvalue weighted by Gasteiger charge is -2.14. The molecule has 0 spiro atoms. The van der Waals surface area contributed by atoms with Crippen LogP contribution in [0.15, 0.2) is 34.8 Å². The van der Waals surface area contributed by atoms with E-state index in [1.807, 2.05) is 38.1 Å². The highest BCUT2D eigenvalue weighted by molar-refractivity contribution is 9.10. The SMILES string of the molecule is CCC(CC)NC(=O)COC(=O)/C=C/c1ccc(Br)cc1. The molecule has 0 aliphatic carbocycles. The average molecular weight is 354 g/mol. The van der Waals surface area contributed by atoms with Gasteiger partial charge >= 0.3 is 5.97 Å². The van der Waals surface area contributed by atoms with Gasteiger partial charge in [0.2, 0.25) is 0 Å². The number of benzene rings is 1. The lowest BCUT2D eigenvalue weighted by atomic mass is 10.2. The number of carbonyl (C=O) groups is 2. The van der Waals surface area contributed by atoms with Crippen LogP contribution >= 0.6 is 15.9 Å². The van der Waals surface area contributed by atoms with Gasteiger partial charge in [-0.2, -0.15) is 0 Å². The Hall–Kier alpha value is -1.62. The zero-order chi connectivity index (χ0) is 15.7. The van der Waals surface area contributed by atoms with E-state index in [0.717, 1.165) is 22.9 Å². The van der Waals surface area contributed by atoms with Crippen LogP contribution in [0.3, 0.4) is 0 Å². The fourth-order valence-electron chi connectivity index (χ4n) is 1.69. The lowest BCUT2D eigenvalue weighted by molar-refractivity contribution is -0.144. The highest BCUT2D eigenvalue weighted by Gasteiger charge is 2.09. The molecule has 0 heterocycles. The summed E-state index contributed by atoms with van der Waals surface area (Å²) in [7, 11) is 0. The van der Waals surface area contributed by atoms with E-state index in [1.165, 1.54) is 6.08 Å². The highest BCUT2D eigenvalue weighted by atomic mass is 79.9. The Morgan fingerprint density at radius 2 is 1.86 bits per heavy atom. The van der Waals surface area contributed by atoms with E-state index in [1.54, 1.807) is 6.08 Å². The highest BCUT2D eigenvalue weighted by Crippen LogP contribution is 2.11. The number of esters is 1. The Balaban J connectivity index is 2.36. The molecule has 0 radical (unpaired) electrons. The molecule has 1 aromatic carbocycles. The third kappa shape index (κ3) is 7.09. The molecule has 0 bridgehead atoms. The summed E-state index contributed by atoms with van der Waals surface area (Å²) in [6, 6.07) is 7.64. The minimum atomic E-state index is -0.530. The van der Waals surface area contributed by atoms with E-state index < -0.39 is 5.97 Å². The molecule has 5 heteroatoms. The molecule has 0 saturated carbocycles. The van der Waals surface area contributed by atoms with Crippen molar-refractivity contribution in [3.05, 3.63) is 40.4 Å². The third-order valence-corrected chi connectivity index (χ3v) is 3.51. The van der Waals surface area contributed by atoms with Crippen LogP contribution in [0.5, 0.6) is 0 Å². The second kappa shape index (κ2) is 9.34. The zero-order valence-corrected chi connectivity index (χ0v) is 13.9. The molecule has 0 atom stereocenters. The monoisotopic (exact) mass is 353 g/mol. The van der Waals surface area contributed by atoms with Gasteiger partial charge in [-0.25, -0.2) is 4.79 Å². The molecule has 0 saturated heterocycles. The number of amides is 1. The largest absolute Gasteiger partial charge is 0.452 e. The zero-order valence-electron chi connectivity index (χ0n) is 12.3. The molecule has 21 heavy (non-hydrogen) atoms. The van der Waals surface area contributed by atoms with Gasteiger partial charge in [0.25, 0.3) is 5.91 Å². The van der Waals surface area contributed by atoms with Crippen molar-refractivity contribution in [1.82, 2.24) is 5.32 Å². The number of hydrogen-bond donors (Lipinski definition) is 1. The third-order valence-electron chi connectivity index (χ3n) is 2.98. The molecule has 1 rings (SSSR count). The molecular weight excluding hydrogens is 334 g/mol. The van der Waals surface area contributed by atoms with Crippen LogP contribution in [-0.4, -0.2) is 24.5 Å². The Morgan fingerprint density at radius 3 is 2.43 bits per heavy atom. The maximum atomic E-state index is 11.6. The fraction of sp³-hybridized carbons (Fsp3) is 0.375. The molecule has 1 N–H and O–H groups in total. The number of nitrogens with one attached hydrogen (secondary N) is 1. The molecule has 0 aliphatic heterocycles. The van der Waals surface area contributed by atoms with Crippen molar-refractivity contribution < 1.29 is 14.3 Å². The van der Waals surface area contributed by atoms with Crippen molar-refractivity contribution in [3.63, 3.8) is 0 Å². The van der Waals surface area contributed by atoms with Crippen molar-refractivity contribution in [2.75, 3.05) is 6.61 Å². The fourth-order valence-corrected chi connectivity index (χ4v) is 1.95. The summed E-state index contributed by atoms with van der Waals surface area (Å²) in [5.41, 5.74) is 0.886. The Kier molecular flexibility index (Phi) is 7.75. The Morgan fingerprint density at radius 1 is 1.24 bits per heavy atom. The summed E-state index contributed by atoms with van der Waals surface area (Å²) in [6.45, 7) is 3.75. The van der Waals surface area contributed by atoms with Crippen LogP contribution in [0.25, 0.3) is 6.08 Å². The first-order chi connectivity index (χ1) is 10.0. The van der Waals surface area contributed by atoms with Gasteiger partial charge in [-0.3, -0.25) is 4.79 Å². The number of ether oxygens (including phenoxy) is 1. The summed E-state index contributed by atoms with van der Waals surface area (Å²) in [4.78, 5) is 23.1. The molecular formula is C16H20BrNO3. The summed E-state index contributed by atoms with van der Waals surface area (Å²) in [6.07, 6.45) is 4.68. The number of hydrogen-bond acceptors (Lipinski definition) is 3. The van der Waals surface area contributed by atoms with Crippen molar-refractivity contribution in [1.29, 1.82) is 0 Å². The first-order valence-electron chi connectivity index (χ1n) is 6.95. The Labute approximate surface area is 133 Å². The van der Waals surface area contributed by atoms with Crippen LogP contribution in [-0.2, 0) is 14.3 Å². The summed E-state index contributed by atoms with van der Waals surface area (Å²) in [5, 5.41) is 2.81. The maximum absolute atomic E-state index is 11.6. The van der Waals surface area contributed by atoms with E-state index in [0.29, 0.717) is 0 Å². The molecule has 114 valence electrons. The standard InChI is InChI=1S/C16H20BrNO3/c1-3-14(4-2)18-15(19)11-21-16(20)10-7-12-5-8-13(17)9-6-12/h5-10,14H,3-4,11H2,1-2H3,(H,18,19)/b10-7+. The molecule has 0 aliphatic rings. The lowest BCUT2D eigenvalue weighted by Crippen LogP contribution is -2.36. The Bertz CT molecular complexity index is 493. The van der Waals surface area contributed by atoms with Crippen molar-refractivity contribution in [2.24, 2.45) is 0 Å².